The van der Waals surface area contributed by atoms with E-state index in [9.17, 15) is 19.1 Å². The first-order chi connectivity index (χ1) is 15.9. The third-order valence-corrected chi connectivity index (χ3v) is 6.69. The molecule has 2 fully saturated rings. The summed E-state index contributed by atoms with van der Waals surface area (Å²) in [5.74, 6) is 0.882. The smallest absolute Gasteiger partial charge is 0.239 e. The number of hydrogen-bond acceptors (Lipinski definition) is 6. The molecule has 2 aliphatic heterocycles. The molecule has 3 heterocycles. The van der Waals surface area contributed by atoms with Gasteiger partial charge in [-0.15, -0.1) is 0 Å². The first-order valence-electron chi connectivity index (χ1n) is 11.4. The van der Waals surface area contributed by atoms with E-state index in [1.54, 1.807) is 18.2 Å². The Hall–Kier alpha value is -2.75. The molecule has 0 unspecified atom stereocenters. The monoisotopic (exact) mass is 458 g/mol. The van der Waals surface area contributed by atoms with E-state index in [-0.39, 0.29) is 42.4 Å². The molecule has 33 heavy (non-hydrogen) atoms. The molecule has 1 aromatic carbocycles. The number of halogens is 1. The lowest BCUT2D eigenvalue weighted by molar-refractivity contribution is -0.126. The number of fused-ring (bicyclic) bond motifs is 1. The quantitative estimate of drug-likeness (QED) is 0.553. The van der Waals surface area contributed by atoms with Crippen molar-refractivity contribution in [3.05, 3.63) is 59.3 Å². The van der Waals surface area contributed by atoms with E-state index in [2.05, 4.69) is 20.4 Å². The Bertz CT molecular complexity index is 964. The fourth-order valence-electron chi connectivity index (χ4n) is 4.81. The number of hydrogen-bond donors (Lipinski definition) is 3. The molecular formula is C24H31FN4O4. The Morgan fingerprint density at radius 2 is 2.00 bits per heavy atom. The average molecular weight is 459 g/mol. The lowest BCUT2D eigenvalue weighted by Crippen LogP contribution is -2.49. The van der Waals surface area contributed by atoms with Gasteiger partial charge in [0.15, 0.2) is 0 Å². The fraction of sp³-hybridized carbons (Fsp3) is 0.500. The third-order valence-electron chi connectivity index (χ3n) is 6.69. The second-order valence-electron chi connectivity index (χ2n) is 8.80. The highest BCUT2D eigenvalue weighted by Crippen LogP contribution is 2.29. The first-order valence-corrected chi connectivity index (χ1v) is 11.4. The van der Waals surface area contributed by atoms with Gasteiger partial charge in [-0.25, -0.2) is 4.39 Å². The molecule has 0 bridgehead atoms. The summed E-state index contributed by atoms with van der Waals surface area (Å²) in [6, 6.07) is 9.50. The van der Waals surface area contributed by atoms with Crippen molar-refractivity contribution >= 4 is 11.8 Å². The van der Waals surface area contributed by atoms with Gasteiger partial charge in [0, 0.05) is 38.1 Å². The lowest BCUT2D eigenvalue weighted by atomic mass is 10.0. The van der Waals surface area contributed by atoms with E-state index in [1.807, 2.05) is 13.1 Å². The number of likely N-dealkylation sites (N-methyl/N-ethyl adjacent to an activating group) is 1. The van der Waals surface area contributed by atoms with Crippen LogP contribution in [0, 0.1) is 5.82 Å². The minimum Gasteiger partial charge on any atom is -0.462 e. The molecule has 2 aromatic rings. The summed E-state index contributed by atoms with van der Waals surface area (Å²) in [7, 11) is 2.03. The van der Waals surface area contributed by atoms with Crippen LogP contribution in [0.2, 0.25) is 0 Å². The maximum atomic E-state index is 13.0. The van der Waals surface area contributed by atoms with E-state index >= 15 is 0 Å². The summed E-state index contributed by atoms with van der Waals surface area (Å²) in [4.78, 5) is 29.6. The minimum atomic E-state index is -0.300. The number of nitrogens with zero attached hydrogens (tertiary/aromatic N) is 2. The average Bonchev–Trinajstić information content (AvgIpc) is 3.42. The Morgan fingerprint density at radius 3 is 2.73 bits per heavy atom. The summed E-state index contributed by atoms with van der Waals surface area (Å²) in [6.07, 6.45) is 1.84. The zero-order chi connectivity index (χ0) is 23.4. The predicted octanol–water partition coefficient (Wildman–Crippen LogP) is 1.38. The summed E-state index contributed by atoms with van der Waals surface area (Å²) < 4.78 is 18.6. The summed E-state index contributed by atoms with van der Waals surface area (Å²) in [5, 5.41) is 15.1. The highest BCUT2D eigenvalue weighted by molar-refractivity contribution is 5.83. The van der Waals surface area contributed by atoms with Crippen molar-refractivity contribution in [2.75, 3.05) is 20.1 Å². The largest absolute Gasteiger partial charge is 0.462 e. The lowest BCUT2D eigenvalue weighted by Gasteiger charge is -2.33. The fourth-order valence-corrected chi connectivity index (χ4v) is 4.81. The molecular weight excluding hydrogens is 427 g/mol. The Kier molecular flexibility index (Phi) is 7.42. The van der Waals surface area contributed by atoms with Crippen molar-refractivity contribution in [3.63, 3.8) is 0 Å². The van der Waals surface area contributed by atoms with Gasteiger partial charge in [-0.3, -0.25) is 19.4 Å². The van der Waals surface area contributed by atoms with Crippen molar-refractivity contribution in [1.29, 1.82) is 0 Å². The van der Waals surface area contributed by atoms with Gasteiger partial charge in [0.05, 0.1) is 6.54 Å². The standard InChI is InChI=1S/C24H31FN4O4/c1-28-18(6-9-22(31)26-12-16-2-4-17(25)5-3-16)13-27-24(32)23-21(28)10-11-29(23)14-19-7-8-20(15-30)33-19/h2-5,7-8,18,21,23,30H,6,9-15H2,1H3,(H,26,31)(H,27,32)/t18-,21-,23-/m0/s1. The molecule has 0 spiro atoms. The van der Waals surface area contributed by atoms with E-state index in [0.29, 0.717) is 38.2 Å². The summed E-state index contributed by atoms with van der Waals surface area (Å²) in [5.41, 5.74) is 0.847. The topological polar surface area (TPSA) is 98.1 Å². The summed E-state index contributed by atoms with van der Waals surface area (Å²) in [6.45, 7) is 2.00. The number of rotatable bonds is 8. The van der Waals surface area contributed by atoms with Gasteiger partial charge >= 0.3 is 0 Å². The third kappa shape index (κ3) is 5.61. The van der Waals surface area contributed by atoms with Crippen LogP contribution in [0.3, 0.4) is 0 Å². The van der Waals surface area contributed by atoms with Crippen molar-refractivity contribution < 1.29 is 23.5 Å². The predicted molar refractivity (Wildman–Crippen MR) is 119 cm³/mol. The molecule has 2 saturated heterocycles. The van der Waals surface area contributed by atoms with Gasteiger partial charge < -0.3 is 20.2 Å². The number of carbonyl (C=O) groups is 2. The number of aliphatic hydroxyl groups excluding tert-OH is 1. The van der Waals surface area contributed by atoms with Crippen LogP contribution in [0.15, 0.2) is 40.8 Å². The van der Waals surface area contributed by atoms with Crippen LogP contribution < -0.4 is 10.6 Å². The number of nitrogens with one attached hydrogen (secondary N) is 2. The van der Waals surface area contributed by atoms with E-state index < -0.39 is 0 Å². The number of aliphatic hydroxyl groups is 1. The molecule has 0 saturated carbocycles. The SMILES string of the molecule is CN1[C@@H](CCC(=O)NCc2ccc(F)cc2)CNC(=O)[C@@H]2[C@@H]1CCN2Cc1ccc(CO)o1. The number of benzene rings is 1. The van der Waals surface area contributed by atoms with Gasteiger partial charge in [-0.2, -0.15) is 0 Å². The van der Waals surface area contributed by atoms with Gasteiger partial charge in [0.1, 0.15) is 30.0 Å². The maximum Gasteiger partial charge on any atom is 0.239 e. The van der Waals surface area contributed by atoms with E-state index in [0.717, 1.165) is 24.3 Å². The number of furan rings is 1. The van der Waals surface area contributed by atoms with Crippen molar-refractivity contribution in [1.82, 2.24) is 20.4 Å². The van der Waals surface area contributed by atoms with Crippen LogP contribution in [0.4, 0.5) is 4.39 Å². The van der Waals surface area contributed by atoms with Gasteiger partial charge in [-0.05, 0) is 49.7 Å². The van der Waals surface area contributed by atoms with Crippen LogP contribution in [-0.2, 0) is 29.3 Å². The Morgan fingerprint density at radius 1 is 1.24 bits per heavy atom. The van der Waals surface area contributed by atoms with Crippen LogP contribution in [-0.4, -0.2) is 65.0 Å². The number of likely N-dealkylation sites (tertiary alicyclic amines) is 1. The maximum absolute atomic E-state index is 13.0. The van der Waals surface area contributed by atoms with Crippen LogP contribution in [0.1, 0.15) is 36.3 Å². The highest BCUT2D eigenvalue weighted by atomic mass is 19.1. The van der Waals surface area contributed by atoms with Gasteiger partial charge in [0.2, 0.25) is 11.8 Å². The normalized spacial score (nSPS) is 23.7. The molecule has 3 N–H and O–H groups in total. The zero-order valence-electron chi connectivity index (χ0n) is 18.8. The van der Waals surface area contributed by atoms with Crippen molar-refractivity contribution in [2.24, 2.45) is 0 Å². The van der Waals surface area contributed by atoms with E-state index in [4.69, 9.17) is 4.42 Å². The second-order valence-corrected chi connectivity index (χ2v) is 8.80. The number of amides is 2. The zero-order valence-corrected chi connectivity index (χ0v) is 18.8. The van der Waals surface area contributed by atoms with Crippen molar-refractivity contribution in [2.45, 2.75) is 57.1 Å². The van der Waals surface area contributed by atoms with Gasteiger partial charge in [0.25, 0.3) is 0 Å². The van der Waals surface area contributed by atoms with Crippen LogP contribution in [0.5, 0.6) is 0 Å². The molecule has 0 radical (unpaired) electrons. The molecule has 8 nitrogen and oxygen atoms in total. The summed E-state index contributed by atoms with van der Waals surface area (Å²) >= 11 is 0. The van der Waals surface area contributed by atoms with Crippen LogP contribution in [0.25, 0.3) is 0 Å². The molecule has 2 amide bonds. The minimum absolute atomic E-state index is 0.00143. The van der Waals surface area contributed by atoms with E-state index in [1.165, 1.54) is 12.1 Å². The van der Waals surface area contributed by atoms with Crippen molar-refractivity contribution in [3.8, 4) is 0 Å². The molecule has 2 aliphatic rings. The Labute approximate surface area is 192 Å². The first kappa shape index (κ1) is 23.4. The highest BCUT2D eigenvalue weighted by Gasteiger charge is 2.45. The molecule has 1 aromatic heterocycles. The molecule has 4 rings (SSSR count). The Balaban J connectivity index is 1.31. The molecule has 178 valence electrons. The molecule has 3 atom stereocenters. The number of carbonyl (C=O) groups excluding carboxylic acids is 2. The van der Waals surface area contributed by atoms with Gasteiger partial charge in [-0.1, -0.05) is 12.1 Å². The molecule has 0 aliphatic carbocycles. The molecule has 9 heteroatoms. The van der Waals surface area contributed by atoms with Crippen LogP contribution >= 0.6 is 0 Å². The second kappa shape index (κ2) is 10.5.